The summed E-state index contributed by atoms with van der Waals surface area (Å²) < 4.78 is 0. The van der Waals surface area contributed by atoms with Gasteiger partial charge in [0.15, 0.2) is 0 Å². The third kappa shape index (κ3) is 3.40. The second kappa shape index (κ2) is 6.30. The predicted molar refractivity (Wildman–Crippen MR) is 74.1 cm³/mol. The molecule has 2 saturated carbocycles. The van der Waals surface area contributed by atoms with Gasteiger partial charge in [-0.2, -0.15) is 11.8 Å². The van der Waals surface area contributed by atoms with E-state index in [9.17, 15) is 0 Å². The Morgan fingerprint density at radius 2 is 1.94 bits per heavy atom. The number of hydrogen-bond donors (Lipinski definition) is 1. The molecular weight excluding hydrogens is 214 g/mol. The van der Waals surface area contributed by atoms with Crippen LogP contribution in [0, 0.1) is 11.8 Å². The van der Waals surface area contributed by atoms with Gasteiger partial charge in [-0.1, -0.05) is 26.2 Å². The van der Waals surface area contributed by atoms with E-state index in [0.29, 0.717) is 0 Å². The molecule has 1 nitrogen and oxygen atoms in total. The summed E-state index contributed by atoms with van der Waals surface area (Å²) in [6.45, 7) is 3.73. The molecule has 0 amide bonds. The maximum absolute atomic E-state index is 3.83. The summed E-state index contributed by atoms with van der Waals surface area (Å²) in [5.41, 5.74) is 0. The second-order valence-corrected chi connectivity index (χ2v) is 6.94. The first-order chi connectivity index (χ1) is 7.79. The molecule has 2 aliphatic rings. The highest BCUT2D eigenvalue weighted by atomic mass is 32.2. The highest BCUT2D eigenvalue weighted by Crippen LogP contribution is 2.31. The number of thioether (sulfide) groups is 1. The first kappa shape index (κ1) is 12.8. The summed E-state index contributed by atoms with van der Waals surface area (Å²) in [4.78, 5) is 0. The van der Waals surface area contributed by atoms with Crippen molar-refractivity contribution in [3.63, 3.8) is 0 Å². The molecule has 0 aromatic carbocycles. The van der Waals surface area contributed by atoms with Crippen LogP contribution in [-0.4, -0.2) is 24.1 Å². The molecule has 2 heteroatoms. The zero-order valence-electron chi connectivity index (χ0n) is 10.9. The fraction of sp³-hybridized carbons (Fsp3) is 1.00. The normalized spacial score (nSPS) is 40.1. The van der Waals surface area contributed by atoms with Gasteiger partial charge in [0.05, 0.1) is 0 Å². The average Bonchev–Trinajstić information content (AvgIpc) is 2.76. The molecule has 0 spiro atoms. The van der Waals surface area contributed by atoms with Crippen molar-refractivity contribution in [3.05, 3.63) is 0 Å². The SMILES string of the molecule is CSC1CCC(NCC2CCCCC2C)C1. The van der Waals surface area contributed by atoms with Crippen LogP contribution in [0.2, 0.25) is 0 Å². The molecule has 1 N–H and O–H groups in total. The molecule has 2 aliphatic carbocycles. The minimum atomic E-state index is 0.826. The predicted octanol–water partition coefficient (Wildman–Crippen LogP) is 3.69. The maximum atomic E-state index is 3.83. The zero-order valence-corrected chi connectivity index (χ0v) is 11.7. The van der Waals surface area contributed by atoms with Gasteiger partial charge in [-0.15, -0.1) is 0 Å². The molecule has 4 atom stereocenters. The van der Waals surface area contributed by atoms with E-state index < -0.39 is 0 Å². The number of hydrogen-bond acceptors (Lipinski definition) is 2. The van der Waals surface area contributed by atoms with Crippen molar-refractivity contribution in [1.82, 2.24) is 5.32 Å². The van der Waals surface area contributed by atoms with Crippen LogP contribution in [0.3, 0.4) is 0 Å². The first-order valence-corrected chi connectivity index (χ1v) is 8.34. The first-order valence-electron chi connectivity index (χ1n) is 7.05. The minimum absolute atomic E-state index is 0.826. The standard InChI is InChI=1S/C14H27NS/c1-11-5-3-4-6-12(11)10-15-13-7-8-14(9-13)16-2/h11-15H,3-10H2,1-2H3. The zero-order chi connectivity index (χ0) is 11.4. The maximum Gasteiger partial charge on any atom is 0.00781 e. The quantitative estimate of drug-likeness (QED) is 0.805. The topological polar surface area (TPSA) is 12.0 Å². The van der Waals surface area contributed by atoms with Gasteiger partial charge in [-0.3, -0.25) is 0 Å². The Labute approximate surface area is 105 Å². The van der Waals surface area contributed by atoms with Crippen molar-refractivity contribution in [1.29, 1.82) is 0 Å². The largest absolute Gasteiger partial charge is 0.314 e. The van der Waals surface area contributed by atoms with Crippen molar-refractivity contribution in [2.75, 3.05) is 12.8 Å². The molecule has 94 valence electrons. The summed E-state index contributed by atoms with van der Waals surface area (Å²) in [5, 5.41) is 4.76. The highest BCUT2D eigenvalue weighted by molar-refractivity contribution is 7.99. The van der Waals surface area contributed by atoms with E-state index in [-0.39, 0.29) is 0 Å². The van der Waals surface area contributed by atoms with Gasteiger partial charge in [0.2, 0.25) is 0 Å². The molecule has 16 heavy (non-hydrogen) atoms. The van der Waals surface area contributed by atoms with Crippen LogP contribution < -0.4 is 5.32 Å². The molecule has 0 radical (unpaired) electrons. The third-order valence-corrected chi connectivity index (χ3v) is 5.77. The Balaban J connectivity index is 1.67. The van der Waals surface area contributed by atoms with Gasteiger partial charge in [0, 0.05) is 11.3 Å². The van der Waals surface area contributed by atoms with Crippen LogP contribution in [0.5, 0.6) is 0 Å². The third-order valence-electron chi connectivity index (χ3n) is 4.68. The Morgan fingerprint density at radius 3 is 2.62 bits per heavy atom. The molecule has 0 saturated heterocycles. The smallest absolute Gasteiger partial charge is 0.00781 e. The molecule has 0 aromatic heterocycles. The van der Waals surface area contributed by atoms with Gasteiger partial charge >= 0.3 is 0 Å². The molecular formula is C14H27NS. The minimum Gasteiger partial charge on any atom is -0.314 e. The molecule has 2 fully saturated rings. The number of nitrogens with one attached hydrogen (secondary N) is 1. The summed E-state index contributed by atoms with van der Waals surface area (Å²) in [6, 6.07) is 0.826. The Morgan fingerprint density at radius 1 is 1.12 bits per heavy atom. The Hall–Kier alpha value is 0.310. The van der Waals surface area contributed by atoms with Gasteiger partial charge in [0.25, 0.3) is 0 Å². The van der Waals surface area contributed by atoms with Gasteiger partial charge in [-0.05, 0) is 50.3 Å². The fourth-order valence-electron chi connectivity index (χ4n) is 3.35. The van der Waals surface area contributed by atoms with E-state index in [1.165, 1.54) is 51.5 Å². The monoisotopic (exact) mass is 241 g/mol. The average molecular weight is 241 g/mol. The van der Waals surface area contributed by atoms with E-state index in [0.717, 1.165) is 23.1 Å². The highest BCUT2D eigenvalue weighted by Gasteiger charge is 2.26. The molecule has 2 rings (SSSR count). The molecule has 0 aromatic rings. The van der Waals surface area contributed by atoms with Crippen LogP contribution >= 0.6 is 11.8 Å². The summed E-state index contributed by atoms with van der Waals surface area (Å²) >= 11 is 2.06. The second-order valence-electron chi connectivity index (χ2n) is 5.80. The summed E-state index contributed by atoms with van der Waals surface area (Å²) in [7, 11) is 0. The Bertz CT molecular complexity index is 207. The van der Waals surface area contributed by atoms with E-state index >= 15 is 0 Å². The van der Waals surface area contributed by atoms with Crippen LogP contribution in [0.4, 0.5) is 0 Å². The molecule has 0 heterocycles. The molecule has 0 aliphatic heterocycles. The van der Waals surface area contributed by atoms with Crippen LogP contribution in [0.25, 0.3) is 0 Å². The summed E-state index contributed by atoms with van der Waals surface area (Å²) in [6.07, 6.45) is 12.4. The lowest BCUT2D eigenvalue weighted by atomic mass is 9.80. The lowest BCUT2D eigenvalue weighted by Gasteiger charge is -2.30. The summed E-state index contributed by atoms with van der Waals surface area (Å²) in [5.74, 6) is 1.92. The van der Waals surface area contributed by atoms with Gasteiger partial charge in [-0.25, -0.2) is 0 Å². The van der Waals surface area contributed by atoms with Crippen LogP contribution in [0.1, 0.15) is 51.9 Å². The van der Waals surface area contributed by atoms with E-state index in [1.54, 1.807) is 0 Å². The van der Waals surface area contributed by atoms with Crippen molar-refractivity contribution < 1.29 is 0 Å². The van der Waals surface area contributed by atoms with Crippen molar-refractivity contribution >= 4 is 11.8 Å². The van der Waals surface area contributed by atoms with Crippen molar-refractivity contribution in [2.24, 2.45) is 11.8 Å². The molecule has 0 bridgehead atoms. The van der Waals surface area contributed by atoms with Gasteiger partial charge in [0.1, 0.15) is 0 Å². The fourth-order valence-corrected chi connectivity index (χ4v) is 4.15. The van der Waals surface area contributed by atoms with Crippen molar-refractivity contribution in [3.8, 4) is 0 Å². The van der Waals surface area contributed by atoms with Crippen LogP contribution in [-0.2, 0) is 0 Å². The number of rotatable bonds is 4. The molecule has 4 unspecified atom stereocenters. The lowest BCUT2D eigenvalue weighted by molar-refractivity contribution is 0.241. The van der Waals surface area contributed by atoms with E-state index in [1.807, 2.05) is 0 Å². The van der Waals surface area contributed by atoms with E-state index in [2.05, 4.69) is 30.3 Å². The lowest BCUT2D eigenvalue weighted by Crippen LogP contribution is -2.35. The Kier molecular flexibility index (Phi) is 5.02. The van der Waals surface area contributed by atoms with Gasteiger partial charge < -0.3 is 5.32 Å². The van der Waals surface area contributed by atoms with Crippen LogP contribution in [0.15, 0.2) is 0 Å². The van der Waals surface area contributed by atoms with E-state index in [4.69, 9.17) is 0 Å². The van der Waals surface area contributed by atoms with Crippen molar-refractivity contribution in [2.45, 2.75) is 63.2 Å².